The van der Waals surface area contributed by atoms with Crippen LogP contribution in [0.2, 0.25) is 0 Å². The molecule has 2 atom stereocenters. The first kappa shape index (κ1) is 11.7. The van der Waals surface area contributed by atoms with Gasteiger partial charge in [0.05, 0.1) is 0 Å². The third-order valence-electron chi connectivity index (χ3n) is 0.690. The molecule has 0 spiro atoms. The molecule has 1 saturated heterocycles. The van der Waals surface area contributed by atoms with Crippen LogP contribution in [0.25, 0.3) is 0 Å². The molecule has 0 aliphatic carbocycles. The summed E-state index contributed by atoms with van der Waals surface area (Å²) < 4.78 is 33.5. The monoisotopic (exact) mass is 250 g/mol. The Bertz CT molecular complexity index is 156. The van der Waals surface area contributed by atoms with Crippen LogP contribution in [0.3, 0.4) is 0 Å². The minimum absolute atomic E-state index is 0. The molecule has 1 aliphatic heterocycles. The van der Waals surface area contributed by atoms with Crippen molar-refractivity contribution in [3.8, 4) is 0 Å². The summed E-state index contributed by atoms with van der Waals surface area (Å²) in [4.78, 5) is 0. The molecule has 1 rings (SSSR count). The number of hydrogen-bond acceptors (Lipinski definition) is 6. The Labute approximate surface area is 76.9 Å². The van der Waals surface area contributed by atoms with E-state index >= 15 is 0 Å². The molecule has 0 saturated carbocycles. The maximum absolute atomic E-state index is 10.4. The Kier molecular flexibility index (Phi) is 5.66. The van der Waals surface area contributed by atoms with E-state index in [1.807, 2.05) is 0 Å². The van der Waals surface area contributed by atoms with E-state index in [1.54, 1.807) is 0 Å². The normalized spacial score (nSPS) is 31.2. The molecule has 11 heavy (non-hydrogen) atoms. The second-order valence-electron chi connectivity index (χ2n) is 1.35. The van der Waals surface area contributed by atoms with Gasteiger partial charge in [0.15, 0.2) is 4.31 Å². The van der Waals surface area contributed by atoms with Crippen molar-refractivity contribution in [2.75, 3.05) is 6.61 Å². The first-order chi connectivity index (χ1) is 4.72. The second-order valence-corrected chi connectivity index (χ2v) is 3.32. The van der Waals surface area contributed by atoms with Gasteiger partial charge in [-0.2, -0.15) is 0 Å². The van der Waals surface area contributed by atoms with Crippen molar-refractivity contribution in [2.45, 2.75) is 6.29 Å². The van der Waals surface area contributed by atoms with Crippen LogP contribution in [0.4, 0.5) is 0 Å². The van der Waals surface area contributed by atoms with Crippen molar-refractivity contribution >= 4 is 16.5 Å². The molecule has 2 unspecified atom stereocenters. The minimum Gasteiger partial charge on any atom is -0.391 e. The summed E-state index contributed by atoms with van der Waals surface area (Å²) in [5.41, 5.74) is 0. The smallest absolute Gasteiger partial charge is 0.391 e. The standard InChI is InChI=1S/C2H4O6P2.Zn/c3-1-2-6-9(4)8-10(5)7-2;/h2-3H,1H2;/q+2;. The molecule has 1 N–H and O–H groups in total. The van der Waals surface area contributed by atoms with Gasteiger partial charge in [0.25, 0.3) is 6.29 Å². The predicted molar refractivity (Wildman–Crippen MR) is 29.3 cm³/mol. The fourth-order valence-corrected chi connectivity index (χ4v) is 1.79. The van der Waals surface area contributed by atoms with Gasteiger partial charge in [0.1, 0.15) is 6.61 Å². The van der Waals surface area contributed by atoms with Gasteiger partial charge in [0, 0.05) is 28.6 Å². The second kappa shape index (κ2) is 5.33. The van der Waals surface area contributed by atoms with Crippen molar-refractivity contribution in [3.05, 3.63) is 0 Å². The molecule has 1 aliphatic rings. The SMILES string of the molecule is O=[P+]1OC(CO)O[P+](=O)O1.[Zn]. The number of aliphatic hydroxyl groups excluding tert-OH is 1. The van der Waals surface area contributed by atoms with Gasteiger partial charge in [-0.15, -0.1) is 0 Å². The molecule has 6 nitrogen and oxygen atoms in total. The summed E-state index contributed by atoms with van der Waals surface area (Å²) >= 11 is 0. The first-order valence-corrected chi connectivity index (χ1v) is 4.48. The van der Waals surface area contributed by atoms with Crippen LogP contribution in [0.15, 0.2) is 0 Å². The molecule has 1 fully saturated rings. The molecular formula is C2H4O6P2Zn+2. The average Bonchev–Trinajstić information content (AvgIpc) is 1.85. The minimum atomic E-state index is -2.39. The third kappa shape index (κ3) is 3.72. The Hall–Kier alpha value is 0.663. The van der Waals surface area contributed by atoms with Crippen molar-refractivity contribution in [1.82, 2.24) is 0 Å². The van der Waals surface area contributed by atoms with Gasteiger partial charge in [-0.1, -0.05) is 9.05 Å². The molecule has 0 amide bonds. The summed E-state index contributed by atoms with van der Waals surface area (Å²) in [6.45, 7) is -0.495. The number of rotatable bonds is 1. The number of hydrogen-bond donors (Lipinski definition) is 1. The Morgan fingerprint density at radius 2 is 1.73 bits per heavy atom. The maximum atomic E-state index is 10.4. The van der Waals surface area contributed by atoms with Crippen molar-refractivity contribution in [3.63, 3.8) is 0 Å². The fraction of sp³-hybridized carbons (Fsp3) is 1.00. The van der Waals surface area contributed by atoms with Gasteiger partial charge in [-0.25, -0.2) is 0 Å². The molecule has 1 heterocycles. The maximum Gasteiger partial charge on any atom is 0.750 e. The third-order valence-corrected chi connectivity index (χ3v) is 2.57. The number of aliphatic hydroxyl groups is 1. The van der Waals surface area contributed by atoms with Crippen molar-refractivity contribution < 1.29 is 47.1 Å². The zero-order valence-electron chi connectivity index (χ0n) is 5.37. The zero-order chi connectivity index (χ0) is 7.56. The van der Waals surface area contributed by atoms with Crippen molar-refractivity contribution in [2.24, 2.45) is 0 Å². The van der Waals surface area contributed by atoms with E-state index < -0.39 is 29.4 Å². The predicted octanol–water partition coefficient (Wildman–Crippen LogP) is 0.680. The molecule has 58 valence electrons. The van der Waals surface area contributed by atoms with Gasteiger partial charge in [0.2, 0.25) is 0 Å². The van der Waals surface area contributed by atoms with E-state index in [2.05, 4.69) is 13.4 Å². The van der Waals surface area contributed by atoms with E-state index in [9.17, 15) is 9.13 Å². The molecular weight excluding hydrogens is 247 g/mol. The van der Waals surface area contributed by atoms with E-state index in [0.717, 1.165) is 0 Å². The quantitative estimate of drug-likeness (QED) is 0.545. The van der Waals surface area contributed by atoms with Crippen LogP contribution >= 0.6 is 16.5 Å². The summed E-state index contributed by atoms with van der Waals surface area (Å²) in [5.74, 6) is 0. The molecule has 9 heteroatoms. The van der Waals surface area contributed by atoms with Crippen LogP contribution < -0.4 is 0 Å². The first-order valence-electron chi connectivity index (χ1n) is 2.29. The summed E-state index contributed by atoms with van der Waals surface area (Å²) in [6, 6.07) is 0. The van der Waals surface area contributed by atoms with Crippen molar-refractivity contribution in [1.29, 1.82) is 0 Å². The molecule has 0 aromatic rings. The summed E-state index contributed by atoms with van der Waals surface area (Å²) in [5, 5.41) is 8.36. The van der Waals surface area contributed by atoms with Crippen LogP contribution in [-0.4, -0.2) is 18.0 Å². The topological polar surface area (TPSA) is 82.1 Å². The Balaban J connectivity index is 0.000001000. The van der Waals surface area contributed by atoms with Gasteiger partial charge in [-0.3, -0.25) is 0 Å². The summed E-state index contributed by atoms with van der Waals surface area (Å²) in [6.07, 6.45) is -1.10. The zero-order valence-corrected chi connectivity index (χ0v) is 10.1. The van der Waals surface area contributed by atoms with Crippen LogP contribution in [0.1, 0.15) is 0 Å². The van der Waals surface area contributed by atoms with Crippen LogP contribution in [0, 0.1) is 0 Å². The van der Waals surface area contributed by atoms with Crippen LogP contribution in [0.5, 0.6) is 0 Å². The van der Waals surface area contributed by atoms with Crippen LogP contribution in [-0.2, 0) is 42.0 Å². The van der Waals surface area contributed by atoms with Gasteiger partial charge in [-0.05, 0) is 0 Å². The molecule has 0 aromatic carbocycles. The van der Waals surface area contributed by atoms with E-state index in [4.69, 9.17) is 5.11 Å². The van der Waals surface area contributed by atoms with Gasteiger partial charge >= 0.3 is 16.5 Å². The molecule has 0 aromatic heterocycles. The van der Waals surface area contributed by atoms with E-state index in [-0.39, 0.29) is 19.5 Å². The molecule has 0 bridgehead atoms. The van der Waals surface area contributed by atoms with E-state index in [1.165, 1.54) is 0 Å². The Morgan fingerprint density at radius 3 is 2.09 bits per heavy atom. The van der Waals surface area contributed by atoms with E-state index in [0.29, 0.717) is 0 Å². The average molecular weight is 251 g/mol. The molecule has 0 radical (unpaired) electrons. The summed E-state index contributed by atoms with van der Waals surface area (Å²) in [7, 11) is -4.79. The Morgan fingerprint density at radius 1 is 1.27 bits per heavy atom. The van der Waals surface area contributed by atoms with Gasteiger partial charge < -0.3 is 5.11 Å². The largest absolute Gasteiger partial charge is 0.750 e. The fourth-order valence-electron chi connectivity index (χ4n) is 0.371.